The summed E-state index contributed by atoms with van der Waals surface area (Å²) in [5.41, 5.74) is 0.934. The summed E-state index contributed by atoms with van der Waals surface area (Å²) in [5.74, 6) is 1.95. The second-order valence-electron chi connectivity index (χ2n) is 6.29. The van der Waals surface area contributed by atoms with Crippen molar-refractivity contribution in [1.82, 2.24) is 30.4 Å². The number of rotatable bonds is 5. The number of hydrogen-bond donors (Lipinski definition) is 0. The van der Waals surface area contributed by atoms with Crippen molar-refractivity contribution in [2.45, 2.75) is 55.4 Å². The Labute approximate surface area is 150 Å². The number of para-hydroxylation sites is 1. The van der Waals surface area contributed by atoms with Gasteiger partial charge in [-0.25, -0.2) is 0 Å². The Morgan fingerprint density at radius 1 is 1.08 bits per heavy atom. The van der Waals surface area contributed by atoms with Gasteiger partial charge in [0, 0.05) is 5.92 Å². The van der Waals surface area contributed by atoms with Gasteiger partial charge in [-0.2, -0.15) is 4.68 Å². The van der Waals surface area contributed by atoms with Gasteiger partial charge in [-0.1, -0.05) is 49.2 Å². The van der Waals surface area contributed by atoms with Gasteiger partial charge in [0.2, 0.25) is 5.89 Å². The number of hydrogen-bond acceptors (Lipinski definition) is 7. The zero-order valence-corrected chi connectivity index (χ0v) is 14.9. The van der Waals surface area contributed by atoms with E-state index in [4.69, 9.17) is 4.42 Å². The molecule has 1 atom stereocenters. The smallest absolute Gasteiger partial charge is 0.277 e. The molecule has 1 saturated carbocycles. The van der Waals surface area contributed by atoms with Crippen molar-refractivity contribution in [1.29, 1.82) is 0 Å². The molecule has 2 aromatic heterocycles. The number of aromatic nitrogens is 6. The van der Waals surface area contributed by atoms with Crippen molar-refractivity contribution >= 4 is 11.8 Å². The third kappa shape index (κ3) is 3.58. The van der Waals surface area contributed by atoms with E-state index in [0.29, 0.717) is 11.1 Å². The predicted molar refractivity (Wildman–Crippen MR) is 93.6 cm³/mol. The minimum atomic E-state index is -0.00476. The molecular formula is C17H20N6OS. The first kappa shape index (κ1) is 16.3. The summed E-state index contributed by atoms with van der Waals surface area (Å²) in [7, 11) is 0. The van der Waals surface area contributed by atoms with Crippen LogP contribution in [0.1, 0.15) is 61.9 Å². The number of nitrogens with zero attached hydrogens (tertiary/aromatic N) is 6. The van der Waals surface area contributed by atoms with Crippen molar-refractivity contribution in [3.05, 3.63) is 42.0 Å². The first-order chi connectivity index (χ1) is 12.3. The molecule has 0 N–H and O–H groups in total. The molecule has 0 radical (unpaired) electrons. The zero-order valence-electron chi connectivity index (χ0n) is 14.1. The van der Waals surface area contributed by atoms with Gasteiger partial charge < -0.3 is 4.42 Å². The van der Waals surface area contributed by atoms with Crippen LogP contribution in [0.2, 0.25) is 0 Å². The van der Waals surface area contributed by atoms with E-state index in [1.165, 1.54) is 31.0 Å². The minimum Gasteiger partial charge on any atom is -0.416 e. The van der Waals surface area contributed by atoms with Crippen LogP contribution < -0.4 is 0 Å². The molecule has 7 nitrogen and oxygen atoms in total. The van der Waals surface area contributed by atoms with Crippen molar-refractivity contribution in [3.63, 3.8) is 0 Å². The summed E-state index contributed by atoms with van der Waals surface area (Å²) in [4.78, 5) is 0. The molecule has 1 aromatic carbocycles. The number of thioether (sulfide) groups is 1. The van der Waals surface area contributed by atoms with E-state index in [2.05, 4.69) is 25.7 Å². The van der Waals surface area contributed by atoms with Gasteiger partial charge in [0.05, 0.1) is 10.9 Å². The molecule has 2 heterocycles. The van der Waals surface area contributed by atoms with Crippen molar-refractivity contribution in [3.8, 4) is 5.69 Å². The molecule has 0 unspecified atom stereocenters. The van der Waals surface area contributed by atoms with E-state index >= 15 is 0 Å². The summed E-state index contributed by atoms with van der Waals surface area (Å²) in [5, 5.41) is 21.1. The lowest BCUT2D eigenvalue weighted by molar-refractivity contribution is 0.334. The molecule has 130 valence electrons. The lowest BCUT2D eigenvalue weighted by Gasteiger charge is -2.17. The zero-order chi connectivity index (χ0) is 17.1. The van der Waals surface area contributed by atoms with Crippen LogP contribution in [-0.2, 0) is 0 Å². The van der Waals surface area contributed by atoms with Crippen LogP contribution in [0.25, 0.3) is 5.69 Å². The maximum absolute atomic E-state index is 5.90. The highest BCUT2D eigenvalue weighted by atomic mass is 32.2. The molecule has 8 heteroatoms. The highest BCUT2D eigenvalue weighted by molar-refractivity contribution is 7.99. The van der Waals surface area contributed by atoms with E-state index in [0.717, 1.165) is 30.2 Å². The Morgan fingerprint density at radius 3 is 2.68 bits per heavy atom. The van der Waals surface area contributed by atoms with Crippen LogP contribution in [0.5, 0.6) is 0 Å². The van der Waals surface area contributed by atoms with Crippen LogP contribution in [0, 0.1) is 0 Å². The van der Waals surface area contributed by atoms with Gasteiger partial charge in [-0.15, -0.1) is 15.3 Å². The number of tetrazole rings is 1. The topological polar surface area (TPSA) is 82.5 Å². The Kier molecular flexibility index (Phi) is 4.78. The molecule has 0 bridgehead atoms. The van der Waals surface area contributed by atoms with Crippen molar-refractivity contribution in [2.24, 2.45) is 0 Å². The molecule has 0 aliphatic heterocycles. The first-order valence-electron chi connectivity index (χ1n) is 8.65. The maximum Gasteiger partial charge on any atom is 0.277 e. The van der Waals surface area contributed by atoms with Gasteiger partial charge in [-0.3, -0.25) is 0 Å². The van der Waals surface area contributed by atoms with E-state index in [9.17, 15) is 0 Å². The van der Waals surface area contributed by atoms with E-state index in [1.54, 1.807) is 4.68 Å². The summed E-state index contributed by atoms with van der Waals surface area (Å²) in [6.07, 6.45) is 6.10. The second-order valence-corrected chi connectivity index (χ2v) is 7.58. The van der Waals surface area contributed by atoms with Crippen LogP contribution >= 0.6 is 11.8 Å². The molecule has 1 fully saturated rings. The highest BCUT2D eigenvalue weighted by Gasteiger charge is 2.24. The van der Waals surface area contributed by atoms with Gasteiger partial charge in [-0.05, 0) is 42.3 Å². The monoisotopic (exact) mass is 356 g/mol. The largest absolute Gasteiger partial charge is 0.416 e. The standard InChI is InChI=1S/C17H20N6OS/c1-12(15-18-21-22-23(15)14-10-6-3-7-11-14)25-17-20-19-16(24-17)13-8-4-2-5-9-13/h3,6-7,10-13H,2,4-5,8-9H2,1H3/t12-/m0/s1. The fraction of sp³-hybridized carbons (Fsp3) is 0.471. The molecule has 25 heavy (non-hydrogen) atoms. The summed E-state index contributed by atoms with van der Waals surface area (Å²) >= 11 is 1.49. The normalized spacial score (nSPS) is 16.8. The SMILES string of the molecule is C[C@H](Sc1nnc(C2CCCCC2)o1)c1nnnn1-c1ccccc1. The van der Waals surface area contributed by atoms with Gasteiger partial charge in [0.15, 0.2) is 5.82 Å². The van der Waals surface area contributed by atoms with Crippen molar-refractivity contribution < 1.29 is 4.42 Å². The second kappa shape index (κ2) is 7.35. The Morgan fingerprint density at radius 2 is 1.88 bits per heavy atom. The molecular weight excluding hydrogens is 336 g/mol. The average molecular weight is 356 g/mol. The minimum absolute atomic E-state index is 0.00476. The molecule has 0 saturated heterocycles. The average Bonchev–Trinajstić information content (AvgIpc) is 3.33. The van der Waals surface area contributed by atoms with Crippen LogP contribution in [0.3, 0.4) is 0 Å². The quantitative estimate of drug-likeness (QED) is 0.640. The van der Waals surface area contributed by atoms with Crippen LogP contribution in [0.15, 0.2) is 40.0 Å². The first-order valence-corrected chi connectivity index (χ1v) is 9.53. The fourth-order valence-corrected chi connectivity index (χ4v) is 3.96. The van der Waals surface area contributed by atoms with E-state index < -0.39 is 0 Å². The lowest BCUT2D eigenvalue weighted by Crippen LogP contribution is -2.05. The third-order valence-corrected chi connectivity index (χ3v) is 5.44. The molecule has 3 aromatic rings. The van der Waals surface area contributed by atoms with Crippen LogP contribution in [-0.4, -0.2) is 30.4 Å². The number of benzene rings is 1. The van der Waals surface area contributed by atoms with Gasteiger partial charge in [0.1, 0.15) is 0 Å². The third-order valence-electron chi connectivity index (χ3n) is 4.51. The van der Waals surface area contributed by atoms with Crippen molar-refractivity contribution in [2.75, 3.05) is 0 Å². The Balaban J connectivity index is 1.49. The van der Waals surface area contributed by atoms with Gasteiger partial charge in [0.25, 0.3) is 5.22 Å². The summed E-state index contributed by atoms with van der Waals surface area (Å²) in [6.45, 7) is 2.04. The Bertz CT molecular complexity index is 811. The maximum atomic E-state index is 5.90. The fourth-order valence-electron chi connectivity index (χ4n) is 3.19. The summed E-state index contributed by atoms with van der Waals surface area (Å²) < 4.78 is 7.65. The van der Waals surface area contributed by atoms with E-state index in [-0.39, 0.29) is 5.25 Å². The summed E-state index contributed by atoms with van der Waals surface area (Å²) in [6, 6.07) is 9.85. The van der Waals surface area contributed by atoms with E-state index in [1.807, 2.05) is 37.3 Å². The highest BCUT2D eigenvalue weighted by Crippen LogP contribution is 2.36. The molecule has 1 aliphatic carbocycles. The van der Waals surface area contributed by atoms with Gasteiger partial charge >= 0.3 is 0 Å². The molecule has 0 spiro atoms. The molecule has 1 aliphatic rings. The predicted octanol–water partition coefficient (Wildman–Crippen LogP) is 3.95. The lowest BCUT2D eigenvalue weighted by atomic mass is 9.89. The van der Waals surface area contributed by atoms with Crippen LogP contribution in [0.4, 0.5) is 0 Å². The Hall–Kier alpha value is -2.22. The molecule has 4 rings (SSSR count). The molecule has 0 amide bonds.